The van der Waals surface area contributed by atoms with Gasteiger partial charge in [0.2, 0.25) is 4.83 Å². The average Bonchev–Trinajstić information content (AvgIpc) is 2.92. The highest BCUT2D eigenvalue weighted by Crippen LogP contribution is 2.30. The first-order chi connectivity index (χ1) is 7.93. The van der Waals surface area contributed by atoms with Crippen molar-refractivity contribution in [2.75, 3.05) is 0 Å². The van der Waals surface area contributed by atoms with Crippen molar-refractivity contribution in [1.82, 2.24) is 4.98 Å². The number of hydrogen-bond acceptors (Lipinski definition) is 3. The highest BCUT2D eigenvalue weighted by atomic mass is 79.9. The van der Waals surface area contributed by atoms with E-state index < -0.39 is 0 Å². The largest absolute Gasteiger partial charge is 1.00 e. The summed E-state index contributed by atoms with van der Waals surface area (Å²) in [6.45, 7) is 0. The van der Waals surface area contributed by atoms with Crippen LogP contribution in [-0.2, 0) is 0 Å². The molecule has 0 spiro atoms. The van der Waals surface area contributed by atoms with Gasteiger partial charge >= 0.3 is 5.84 Å². The minimum atomic E-state index is 0. The molecule has 0 aliphatic carbocycles. The minimum Gasteiger partial charge on any atom is -1.00 e. The van der Waals surface area contributed by atoms with Crippen LogP contribution >= 0.6 is 11.3 Å². The second-order valence-corrected chi connectivity index (χ2v) is 4.66. The Labute approximate surface area is 111 Å². The van der Waals surface area contributed by atoms with Crippen LogP contribution in [0.2, 0.25) is 0 Å². The Morgan fingerprint density at radius 1 is 1.18 bits per heavy atom. The van der Waals surface area contributed by atoms with Gasteiger partial charge in [-0.25, -0.2) is 0 Å². The first-order valence-electron chi connectivity index (χ1n) is 4.98. The monoisotopic (exact) mass is 306 g/mol. The Morgan fingerprint density at radius 3 is 3.00 bits per heavy atom. The van der Waals surface area contributed by atoms with E-state index in [1.807, 2.05) is 16.8 Å². The topological polar surface area (TPSA) is 30.1 Å². The van der Waals surface area contributed by atoms with E-state index >= 15 is 0 Å². The normalized spacial score (nSPS) is 11.1. The number of aromatic nitrogens is 2. The third kappa shape index (κ3) is 1.39. The Bertz CT molecular complexity index is 821. The van der Waals surface area contributed by atoms with Crippen LogP contribution in [0.3, 0.4) is 0 Å². The molecular formula is C12H7BrN2OS. The summed E-state index contributed by atoms with van der Waals surface area (Å²) in [7, 11) is 0. The summed E-state index contributed by atoms with van der Waals surface area (Å²) in [4.78, 5) is 5.48. The molecule has 0 atom stereocenters. The van der Waals surface area contributed by atoms with Gasteiger partial charge in [0.25, 0.3) is 0 Å². The zero-order chi connectivity index (χ0) is 10.5. The summed E-state index contributed by atoms with van der Waals surface area (Å²) in [6, 6.07) is 8.37. The van der Waals surface area contributed by atoms with E-state index in [2.05, 4.69) is 29.2 Å². The van der Waals surface area contributed by atoms with Crippen molar-refractivity contribution in [2.45, 2.75) is 0 Å². The minimum absolute atomic E-state index is 0. The summed E-state index contributed by atoms with van der Waals surface area (Å²) >= 11 is 1.76. The predicted octanol–water partition coefficient (Wildman–Crippen LogP) is -0.215. The lowest BCUT2D eigenvalue weighted by molar-refractivity contribution is -0.483. The molecule has 0 radical (unpaired) electrons. The lowest BCUT2D eigenvalue weighted by Gasteiger charge is -1.85. The van der Waals surface area contributed by atoms with Crippen molar-refractivity contribution in [2.24, 2.45) is 0 Å². The number of halogens is 1. The second kappa shape index (κ2) is 3.78. The third-order valence-corrected chi connectivity index (χ3v) is 3.91. The fourth-order valence-corrected chi connectivity index (χ4v) is 3.15. The summed E-state index contributed by atoms with van der Waals surface area (Å²) in [5.41, 5.74) is 0. The van der Waals surface area contributed by atoms with Crippen LogP contribution in [0.25, 0.3) is 26.1 Å². The van der Waals surface area contributed by atoms with E-state index in [0.29, 0.717) is 5.84 Å². The molecule has 0 aliphatic heterocycles. The van der Waals surface area contributed by atoms with Crippen LogP contribution in [0.5, 0.6) is 0 Å². The molecule has 0 amide bonds. The quantitative estimate of drug-likeness (QED) is 0.421. The molecular weight excluding hydrogens is 300 g/mol. The van der Waals surface area contributed by atoms with E-state index in [1.165, 1.54) is 20.3 Å². The first-order valence-corrected chi connectivity index (χ1v) is 5.80. The molecule has 17 heavy (non-hydrogen) atoms. The van der Waals surface area contributed by atoms with Crippen molar-refractivity contribution in [1.29, 1.82) is 0 Å². The third-order valence-electron chi connectivity index (χ3n) is 2.73. The lowest BCUT2D eigenvalue weighted by Crippen LogP contribution is -3.00. The van der Waals surface area contributed by atoms with Gasteiger partial charge in [0.15, 0.2) is 6.20 Å². The Balaban J connectivity index is 0.000000902. The SMILES string of the molecule is [Br-].c1ccc2c(c1)sc1c2cnc2occ[n+]21. The predicted molar refractivity (Wildman–Crippen MR) is 62.6 cm³/mol. The maximum Gasteiger partial charge on any atom is 0.509 e. The molecule has 0 fully saturated rings. The number of hydrogen-bond donors (Lipinski definition) is 0. The van der Waals surface area contributed by atoms with Crippen LogP contribution in [0, 0.1) is 0 Å². The van der Waals surface area contributed by atoms with Crippen molar-refractivity contribution in [3.8, 4) is 0 Å². The molecule has 5 heteroatoms. The van der Waals surface area contributed by atoms with Gasteiger partial charge in [-0.1, -0.05) is 29.5 Å². The lowest BCUT2D eigenvalue weighted by atomic mass is 10.2. The van der Waals surface area contributed by atoms with Gasteiger partial charge in [0.05, 0.1) is 5.39 Å². The molecule has 3 heterocycles. The molecule has 3 aromatic heterocycles. The molecule has 0 saturated carbocycles. The maximum atomic E-state index is 5.28. The smallest absolute Gasteiger partial charge is 0.509 e. The Kier molecular flexibility index (Phi) is 2.38. The van der Waals surface area contributed by atoms with Gasteiger partial charge in [-0.2, -0.15) is 0 Å². The van der Waals surface area contributed by atoms with E-state index in [-0.39, 0.29) is 17.0 Å². The number of fused-ring (bicyclic) bond motifs is 5. The second-order valence-electron chi connectivity index (χ2n) is 3.63. The fraction of sp³-hybridized carbons (Fsp3) is 0. The molecule has 0 unspecified atom stereocenters. The summed E-state index contributed by atoms with van der Waals surface area (Å²) in [6.07, 6.45) is 5.44. The van der Waals surface area contributed by atoms with Gasteiger partial charge < -0.3 is 21.4 Å². The summed E-state index contributed by atoms with van der Waals surface area (Å²) in [5.74, 6) is 0.638. The van der Waals surface area contributed by atoms with Gasteiger partial charge in [-0.05, 0) is 11.1 Å². The molecule has 0 aliphatic rings. The molecule has 84 valence electrons. The highest BCUT2D eigenvalue weighted by molar-refractivity contribution is 7.25. The van der Waals surface area contributed by atoms with Crippen LogP contribution < -0.4 is 21.4 Å². The Morgan fingerprint density at radius 2 is 2.06 bits per heavy atom. The molecule has 4 rings (SSSR count). The number of oxazole rings is 1. The number of rotatable bonds is 0. The van der Waals surface area contributed by atoms with E-state index in [4.69, 9.17) is 4.42 Å². The fourth-order valence-electron chi connectivity index (χ4n) is 2.00. The molecule has 3 nitrogen and oxygen atoms in total. The number of thiophene rings is 1. The van der Waals surface area contributed by atoms with Crippen molar-refractivity contribution in [3.05, 3.63) is 42.9 Å². The number of nitrogens with zero attached hydrogens (tertiary/aromatic N) is 2. The molecule has 0 saturated heterocycles. The van der Waals surface area contributed by atoms with Crippen LogP contribution in [0.1, 0.15) is 0 Å². The highest BCUT2D eigenvalue weighted by Gasteiger charge is 2.16. The summed E-state index contributed by atoms with van der Waals surface area (Å²) < 4.78 is 8.54. The van der Waals surface area contributed by atoms with Crippen LogP contribution in [0.4, 0.5) is 0 Å². The zero-order valence-electron chi connectivity index (χ0n) is 8.63. The van der Waals surface area contributed by atoms with Crippen LogP contribution in [-0.4, -0.2) is 4.98 Å². The van der Waals surface area contributed by atoms with Crippen LogP contribution in [0.15, 0.2) is 47.3 Å². The zero-order valence-corrected chi connectivity index (χ0v) is 11.0. The average molecular weight is 307 g/mol. The molecule has 0 N–H and O–H groups in total. The van der Waals surface area contributed by atoms with Crippen molar-refractivity contribution in [3.63, 3.8) is 0 Å². The van der Waals surface area contributed by atoms with E-state index in [0.717, 1.165) is 0 Å². The molecule has 4 aromatic rings. The number of benzene rings is 1. The van der Waals surface area contributed by atoms with Crippen molar-refractivity contribution >= 4 is 37.5 Å². The van der Waals surface area contributed by atoms with Gasteiger partial charge in [0.1, 0.15) is 12.5 Å². The van der Waals surface area contributed by atoms with E-state index in [9.17, 15) is 0 Å². The first kappa shape index (κ1) is 10.7. The maximum absolute atomic E-state index is 5.28. The van der Waals surface area contributed by atoms with Gasteiger partial charge in [-0.15, -0.1) is 4.40 Å². The standard InChI is InChI=1S/C12H7N2OS.BrH/c1-2-4-10-8(3-1)9-7-13-12-14(5-6-15-12)11(9)16-10;/h1-7H;1H/q+1;/p-1. The molecule has 1 aromatic carbocycles. The Hall–Kier alpha value is -1.46. The van der Waals surface area contributed by atoms with E-state index in [1.54, 1.807) is 17.6 Å². The van der Waals surface area contributed by atoms with Gasteiger partial charge in [-0.3, -0.25) is 0 Å². The van der Waals surface area contributed by atoms with Crippen molar-refractivity contribution < 1.29 is 25.8 Å². The van der Waals surface area contributed by atoms with Gasteiger partial charge in [0, 0.05) is 10.1 Å². The molecule has 0 bridgehead atoms. The summed E-state index contributed by atoms with van der Waals surface area (Å²) in [5, 5.41) is 2.44.